The number of rotatable bonds is 7. The van der Waals surface area contributed by atoms with Crippen molar-refractivity contribution in [3.8, 4) is 28.7 Å². The average molecular weight is 467 g/mol. The summed E-state index contributed by atoms with van der Waals surface area (Å²) in [5, 5.41) is 2.84. The summed E-state index contributed by atoms with van der Waals surface area (Å²) in [6.07, 6.45) is -1.05. The Labute approximate surface area is 196 Å². The second-order valence-electron chi connectivity index (χ2n) is 7.61. The van der Waals surface area contributed by atoms with Crippen molar-refractivity contribution in [3.05, 3.63) is 69.8 Å². The SMILES string of the molecule is COc1ccc(NC(=O)[C@@H]2Oc3cc(C)oc(=O)c3[C@@H]2c2cc(OC)c(OC)c(OC)c2)cc1. The van der Waals surface area contributed by atoms with E-state index in [1.807, 2.05) is 0 Å². The maximum absolute atomic E-state index is 13.4. The van der Waals surface area contributed by atoms with Crippen LogP contribution in [-0.4, -0.2) is 40.5 Å². The number of amides is 1. The third kappa shape index (κ3) is 4.12. The number of nitrogens with one attached hydrogen (secondary N) is 1. The molecule has 1 aliphatic heterocycles. The van der Waals surface area contributed by atoms with Gasteiger partial charge in [0.1, 0.15) is 17.3 Å². The molecule has 3 aromatic rings. The standard InChI is InChI=1S/C25H25NO8/c1-13-10-17-21(25(28)33-13)20(14-11-18(30-3)22(32-5)19(12-14)31-4)23(34-17)24(27)26-15-6-8-16(29-2)9-7-15/h6-12,20,23H,1-5H3,(H,26,27)/t20-,23+/m0/s1. The lowest BCUT2D eigenvalue weighted by atomic mass is 9.88. The van der Waals surface area contributed by atoms with E-state index in [9.17, 15) is 9.59 Å². The molecule has 1 amide bonds. The molecule has 0 saturated heterocycles. The molecule has 0 bridgehead atoms. The second kappa shape index (κ2) is 9.38. The van der Waals surface area contributed by atoms with Crippen LogP contribution in [0, 0.1) is 6.92 Å². The maximum Gasteiger partial charge on any atom is 0.343 e. The molecular formula is C25H25NO8. The number of methoxy groups -OCH3 is 4. The van der Waals surface area contributed by atoms with Crippen LogP contribution in [0.4, 0.5) is 5.69 Å². The van der Waals surface area contributed by atoms with E-state index < -0.39 is 23.6 Å². The molecule has 9 nitrogen and oxygen atoms in total. The summed E-state index contributed by atoms with van der Waals surface area (Å²) in [4.78, 5) is 26.2. The van der Waals surface area contributed by atoms with E-state index in [1.165, 1.54) is 21.3 Å². The minimum absolute atomic E-state index is 0.245. The normalized spacial score (nSPS) is 16.3. The van der Waals surface area contributed by atoms with Gasteiger partial charge in [-0.25, -0.2) is 4.79 Å². The van der Waals surface area contributed by atoms with Gasteiger partial charge in [0.25, 0.3) is 5.91 Å². The highest BCUT2D eigenvalue weighted by molar-refractivity contribution is 5.96. The second-order valence-corrected chi connectivity index (χ2v) is 7.61. The molecule has 0 fully saturated rings. The summed E-state index contributed by atoms with van der Waals surface area (Å²) < 4.78 is 32.8. The van der Waals surface area contributed by atoms with Crippen LogP contribution in [0.3, 0.4) is 0 Å². The molecule has 0 spiro atoms. The fourth-order valence-corrected chi connectivity index (χ4v) is 4.04. The van der Waals surface area contributed by atoms with Crippen LogP contribution in [0.2, 0.25) is 0 Å². The van der Waals surface area contributed by atoms with Crippen LogP contribution < -0.4 is 34.6 Å². The zero-order chi connectivity index (χ0) is 24.4. The number of anilines is 1. The fourth-order valence-electron chi connectivity index (χ4n) is 4.04. The predicted octanol–water partition coefficient (Wildman–Crippen LogP) is 3.51. The van der Waals surface area contributed by atoms with Crippen molar-refractivity contribution in [2.24, 2.45) is 0 Å². The van der Waals surface area contributed by atoms with Crippen LogP contribution in [0.15, 0.2) is 51.7 Å². The van der Waals surface area contributed by atoms with Gasteiger partial charge >= 0.3 is 5.63 Å². The monoisotopic (exact) mass is 467 g/mol. The number of benzene rings is 2. The van der Waals surface area contributed by atoms with E-state index >= 15 is 0 Å². The molecule has 0 radical (unpaired) electrons. The highest BCUT2D eigenvalue weighted by Crippen LogP contribution is 2.46. The van der Waals surface area contributed by atoms with Crippen LogP contribution in [-0.2, 0) is 4.79 Å². The third-order valence-electron chi connectivity index (χ3n) is 5.60. The zero-order valence-corrected chi connectivity index (χ0v) is 19.5. The lowest BCUT2D eigenvalue weighted by molar-refractivity contribution is -0.122. The van der Waals surface area contributed by atoms with Crippen molar-refractivity contribution in [2.45, 2.75) is 18.9 Å². The maximum atomic E-state index is 13.4. The Morgan fingerprint density at radius 2 is 1.56 bits per heavy atom. The molecule has 4 rings (SSSR count). The first-order valence-corrected chi connectivity index (χ1v) is 10.5. The summed E-state index contributed by atoms with van der Waals surface area (Å²) in [7, 11) is 6.04. The van der Waals surface area contributed by atoms with Crippen molar-refractivity contribution in [1.29, 1.82) is 0 Å². The molecule has 9 heteroatoms. The van der Waals surface area contributed by atoms with Gasteiger partial charge in [0, 0.05) is 11.8 Å². The quantitative estimate of drug-likeness (QED) is 0.563. The highest BCUT2D eigenvalue weighted by atomic mass is 16.5. The lowest BCUT2D eigenvalue weighted by Gasteiger charge is -2.21. The van der Waals surface area contributed by atoms with Gasteiger partial charge in [0.2, 0.25) is 5.75 Å². The average Bonchev–Trinajstić information content (AvgIpc) is 3.23. The zero-order valence-electron chi connectivity index (χ0n) is 19.5. The first-order valence-electron chi connectivity index (χ1n) is 10.5. The number of fused-ring (bicyclic) bond motifs is 1. The molecule has 1 aromatic heterocycles. The molecule has 0 aliphatic carbocycles. The van der Waals surface area contributed by atoms with Crippen LogP contribution >= 0.6 is 0 Å². The lowest BCUT2D eigenvalue weighted by Crippen LogP contribution is -2.35. The predicted molar refractivity (Wildman–Crippen MR) is 124 cm³/mol. The molecule has 2 aromatic carbocycles. The molecule has 178 valence electrons. The summed E-state index contributed by atoms with van der Waals surface area (Å²) in [6, 6.07) is 11.9. The van der Waals surface area contributed by atoms with Gasteiger partial charge in [0.05, 0.1) is 39.9 Å². The number of ether oxygens (including phenoxy) is 5. The van der Waals surface area contributed by atoms with E-state index in [0.29, 0.717) is 45.8 Å². The summed E-state index contributed by atoms with van der Waals surface area (Å²) in [5.74, 6) is 1.28. The largest absolute Gasteiger partial charge is 0.497 e. The first kappa shape index (κ1) is 23.0. The van der Waals surface area contributed by atoms with Gasteiger partial charge in [-0.15, -0.1) is 0 Å². The molecule has 2 heterocycles. The van der Waals surface area contributed by atoms with Crippen molar-refractivity contribution >= 4 is 11.6 Å². The molecule has 34 heavy (non-hydrogen) atoms. The fraction of sp³-hybridized carbons (Fsp3) is 0.280. The number of hydrogen-bond donors (Lipinski definition) is 1. The van der Waals surface area contributed by atoms with Gasteiger partial charge in [-0.3, -0.25) is 4.79 Å². The van der Waals surface area contributed by atoms with Gasteiger partial charge < -0.3 is 33.4 Å². The van der Waals surface area contributed by atoms with Crippen molar-refractivity contribution < 1.29 is 32.9 Å². The topological polar surface area (TPSA) is 105 Å². The van der Waals surface area contributed by atoms with Gasteiger partial charge in [0.15, 0.2) is 17.6 Å². The first-order chi connectivity index (χ1) is 16.4. The number of hydrogen-bond acceptors (Lipinski definition) is 8. The Bertz CT molecular complexity index is 1240. The van der Waals surface area contributed by atoms with E-state index in [1.54, 1.807) is 56.5 Å². The number of carbonyl (C=O) groups excluding carboxylic acids is 1. The highest BCUT2D eigenvalue weighted by Gasteiger charge is 2.44. The molecule has 0 unspecified atom stereocenters. The summed E-state index contributed by atoms with van der Waals surface area (Å²) >= 11 is 0. The summed E-state index contributed by atoms with van der Waals surface area (Å²) in [5.41, 5.74) is 0.791. The Morgan fingerprint density at radius 3 is 2.12 bits per heavy atom. The van der Waals surface area contributed by atoms with Crippen LogP contribution in [0.25, 0.3) is 0 Å². The Balaban J connectivity index is 1.80. The Morgan fingerprint density at radius 1 is 0.912 bits per heavy atom. The smallest absolute Gasteiger partial charge is 0.343 e. The van der Waals surface area contributed by atoms with Crippen LogP contribution in [0.5, 0.6) is 28.7 Å². The Hall–Kier alpha value is -4.14. The number of aryl methyl sites for hydroxylation is 1. The minimum Gasteiger partial charge on any atom is -0.497 e. The van der Waals surface area contributed by atoms with E-state index in [0.717, 1.165) is 0 Å². The van der Waals surface area contributed by atoms with Gasteiger partial charge in [-0.1, -0.05) is 0 Å². The van der Waals surface area contributed by atoms with Crippen LogP contribution in [0.1, 0.15) is 22.8 Å². The van der Waals surface area contributed by atoms with Crippen molar-refractivity contribution in [2.75, 3.05) is 33.8 Å². The van der Waals surface area contributed by atoms with Gasteiger partial charge in [-0.05, 0) is 48.9 Å². The summed E-state index contributed by atoms with van der Waals surface area (Å²) in [6.45, 7) is 1.64. The van der Waals surface area contributed by atoms with Gasteiger partial charge in [-0.2, -0.15) is 0 Å². The van der Waals surface area contributed by atoms with E-state index in [2.05, 4.69) is 5.32 Å². The number of carbonyl (C=O) groups is 1. The molecule has 1 N–H and O–H groups in total. The van der Waals surface area contributed by atoms with Crippen molar-refractivity contribution in [3.63, 3.8) is 0 Å². The minimum atomic E-state index is -1.05. The Kier molecular flexibility index (Phi) is 6.36. The molecule has 0 saturated carbocycles. The molecular weight excluding hydrogens is 442 g/mol. The third-order valence-corrected chi connectivity index (χ3v) is 5.60. The molecule has 2 atom stereocenters. The molecule has 1 aliphatic rings. The van der Waals surface area contributed by atoms with E-state index in [4.69, 9.17) is 28.1 Å². The van der Waals surface area contributed by atoms with Crippen molar-refractivity contribution in [1.82, 2.24) is 0 Å². The van der Waals surface area contributed by atoms with E-state index in [-0.39, 0.29) is 5.56 Å².